The lowest BCUT2D eigenvalue weighted by Gasteiger charge is -2.28. The summed E-state index contributed by atoms with van der Waals surface area (Å²) in [6.45, 7) is 4.26. The number of carbonyl (C=O) groups is 1. The number of ether oxygens (including phenoxy) is 2. The molecule has 0 unspecified atom stereocenters. The zero-order chi connectivity index (χ0) is 31.0. The van der Waals surface area contributed by atoms with Gasteiger partial charge in [-0.05, 0) is 39.8 Å². The molecule has 6 atom stereocenters. The van der Waals surface area contributed by atoms with Crippen molar-refractivity contribution in [2.45, 2.75) is 63.7 Å². The molecular formula is C25H34F2N7O7P. The molecule has 4 rings (SSSR count). The van der Waals surface area contributed by atoms with Gasteiger partial charge in [0.25, 0.3) is 5.85 Å². The van der Waals surface area contributed by atoms with Crippen molar-refractivity contribution in [2.24, 2.45) is 0 Å². The Labute approximate surface area is 240 Å². The van der Waals surface area contributed by atoms with Crippen molar-refractivity contribution in [1.82, 2.24) is 24.6 Å². The molecule has 14 nitrogen and oxygen atoms in total. The number of aliphatic hydroxyl groups excluding tert-OH is 1. The fraction of sp³-hybridized carbons (Fsp3) is 0.520. The Morgan fingerprint density at radius 1 is 1.26 bits per heavy atom. The van der Waals surface area contributed by atoms with Crippen LogP contribution in [-0.2, 0) is 23.4 Å². The minimum atomic E-state index is -4.57. The molecule has 0 radical (unpaired) electrons. The fourth-order valence-electron chi connectivity index (χ4n) is 4.27. The van der Waals surface area contributed by atoms with Gasteiger partial charge in [0.1, 0.15) is 18.4 Å². The standard InChI is InChI=1S/C25H34F2N7O7P/c1-14(2)39-20(35)15(3)32-42(37,41-16-10-8-7-9-11-16)38-12-25(27)21(36)24(4,26)22(40-25)34-13-29-17-18(33(5)6)30-23(28)31-19(17)34/h7-11,13-15,21-22,36H,12H2,1-6H3,(H,32,37)(H2,28,30,31)/t15-,21-,22+,24+,25+,42-/m0/s1. The number of nitrogen functional groups attached to an aromatic ring is 1. The van der Waals surface area contributed by atoms with Crippen molar-refractivity contribution in [3.05, 3.63) is 36.7 Å². The number of nitrogens with two attached hydrogens (primary N) is 1. The van der Waals surface area contributed by atoms with E-state index in [0.717, 1.165) is 17.8 Å². The van der Waals surface area contributed by atoms with Gasteiger partial charge in [-0.3, -0.25) is 13.9 Å². The van der Waals surface area contributed by atoms with Crippen LogP contribution in [-0.4, -0.2) is 81.1 Å². The number of carbonyl (C=O) groups excluding carboxylic acids is 1. The summed E-state index contributed by atoms with van der Waals surface area (Å²) in [7, 11) is -1.19. The van der Waals surface area contributed by atoms with Crippen LogP contribution in [0.25, 0.3) is 11.2 Å². The van der Waals surface area contributed by atoms with Crippen molar-refractivity contribution < 1.29 is 41.8 Å². The maximum absolute atomic E-state index is 16.2. The van der Waals surface area contributed by atoms with E-state index in [1.54, 1.807) is 51.0 Å². The van der Waals surface area contributed by atoms with Crippen molar-refractivity contribution in [3.63, 3.8) is 0 Å². The maximum atomic E-state index is 16.2. The molecule has 42 heavy (non-hydrogen) atoms. The van der Waals surface area contributed by atoms with Gasteiger partial charge in [0.05, 0.1) is 12.4 Å². The van der Waals surface area contributed by atoms with Gasteiger partial charge in [-0.2, -0.15) is 15.1 Å². The van der Waals surface area contributed by atoms with Crippen LogP contribution in [0, 0.1) is 0 Å². The van der Waals surface area contributed by atoms with Crippen LogP contribution >= 0.6 is 7.75 Å². The zero-order valence-corrected chi connectivity index (χ0v) is 24.8. The molecule has 3 aromatic rings. The highest BCUT2D eigenvalue weighted by atomic mass is 31.2. The third kappa shape index (κ3) is 6.32. The lowest BCUT2D eigenvalue weighted by Crippen LogP contribution is -2.47. The number of fused-ring (bicyclic) bond motifs is 1. The van der Waals surface area contributed by atoms with Gasteiger partial charge in [0.15, 0.2) is 35.0 Å². The topological polar surface area (TPSA) is 176 Å². The molecule has 0 amide bonds. The number of halogens is 2. The smallest absolute Gasteiger partial charge is 0.459 e. The summed E-state index contributed by atoms with van der Waals surface area (Å²) in [5.41, 5.74) is 3.31. The molecule has 1 saturated heterocycles. The number of aliphatic hydroxyl groups is 1. The van der Waals surface area contributed by atoms with Crippen LogP contribution < -0.4 is 20.2 Å². The van der Waals surface area contributed by atoms with E-state index in [0.29, 0.717) is 5.82 Å². The van der Waals surface area contributed by atoms with Crippen LogP contribution in [0.3, 0.4) is 0 Å². The Hall–Kier alpha value is -3.43. The highest BCUT2D eigenvalue weighted by Gasteiger charge is 2.65. The molecule has 0 bridgehead atoms. The molecule has 230 valence electrons. The first-order chi connectivity index (χ1) is 19.6. The predicted molar refractivity (Wildman–Crippen MR) is 148 cm³/mol. The Balaban J connectivity index is 1.62. The molecule has 0 aliphatic carbocycles. The predicted octanol–water partition coefficient (Wildman–Crippen LogP) is 2.89. The number of rotatable bonds is 11. The van der Waals surface area contributed by atoms with Crippen LogP contribution in [0.5, 0.6) is 5.75 Å². The Bertz CT molecular complexity index is 1480. The molecule has 3 heterocycles. The van der Waals surface area contributed by atoms with Gasteiger partial charge in [-0.15, -0.1) is 0 Å². The van der Waals surface area contributed by atoms with Gasteiger partial charge in [0.2, 0.25) is 5.95 Å². The van der Waals surface area contributed by atoms with Crippen LogP contribution in [0.1, 0.15) is 33.9 Å². The van der Waals surface area contributed by atoms with E-state index in [9.17, 15) is 14.5 Å². The highest BCUT2D eigenvalue weighted by molar-refractivity contribution is 7.52. The Kier molecular flexibility index (Phi) is 8.77. The van der Waals surface area contributed by atoms with E-state index in [-0.39, 0.29) is 22.9 Å². The number of anilines is 2. The van der Waals surface area contributed by atoms with E-state index in [1.807, 2.05) is 0 Å². The van der Waals surface area contributed by atoms with Gasteiger partial charge in [0, 0.05) is 14.1 Å². The number of nitrogens with zero attached hydrogens (tertiary/aromatic N) is 5. The first-order valence-electron chi connectivity index (χ1n) is 12.9. The number of imidazole rings is 1. The molecule has 1 aliphatic heterocycles. The first kappa shape index (κ1) is 31.5. The molecule has 17 heteroatoms. The van der Waals surface area contributed by atoms with Crippen LogP contribution in [0.2, 0.25) is 0 Å². The van der Waals surface area contributed by atoms with E-state index in [2.05, 4.69) is 20.0 Å². The third-order valence-corrected chi connectivity index (χ3v) is 7.91. The second kappa shape index (κ2) is 11.7. The molecule has 2 aromatic heterocycles. The molecular weight excluding hydrogens is 579 g/mol. The van der Waals surface area contributed by atoms with Crippen molar-refractivity contribution in [2.75, 3.05) is 31.3 Å². The van der Waals surface area contributed by atoms with Crippen molar-refractivity contribution in [1.29, 1.82) is 0 Å². The summed E-state index contributed by atoms with van der Waals surface area (Å²) in [5.74, 6) is -3.80. The molecule has 1 fully saturated rings. The Morgan fingerprint density at radius 3 is 2.55 bits per heavy atom. The number of para-hydroxylation sites is 1. The summed E-state index contributed by atoms with van der Waals surface area (Å²) < 4.78 is 68.5. The number of hydrogen-bond donors (Lipinski definition) is 3. The SMILES string of the molecule is CC(C)OC(=O)[C@H](C)N[P@](=O)(OC[C@@]1(F)O[C@@H](n2cnc3c(N(C)C)nc(N)nc32)[C@](C)(F)[C@@H]1O)Oc1ccccc1. The average Bonchev–Trinajstić information content (AvgIpc) is 3.39. The minimum absolute atomic E-state index is 0.0229. The average molecular weight is 614 g/mol. The number of aromatic nitrogens is 4. The van der Waals surface area contributed by atoms with Crippen LogP contribution in [0.15, 0.2) is 36.7 Å². The number of hydrogen-bond acceptors (Lipinski definition) is 12. The van der Waals surface area contributed by atoms with E-state index in [4.69, 9.17) is 24.3 Å². The second-order valence-corrected chi connectivity index (χ2v) is 12.1. The number of alkyl halides is 2. The number of esters is 1. The normalized spacial score (nSPS) is 26.2. The molecule has 1 aliphatic rings. The van der Waals surface area contributed by atoms with Gasteiger partial charge in [-0.1, -0.05) is 18.2 Å². The van der Waals surface area contributed by atoms with Crippen molar-refractivity contribution in [3.8, 4) is 5.75 Å². The largest absolute Gasteiger partial charge is 0.462 e. The summed E-state index contributed by atoms with van der Waals surface area (Å²) >= 11 is 0. The van der Waals surface area contributed by atoms with E-state index < -0.39 is 56.3 Å². The highest BCUT2D eigenvalue weighted by Crippen LogP contribution is 2.52. The quantitative estimate of drug-likeness (QED) is 0.213. The monoisotopic (exact) mass is 613 g/mol. The number of nitrogens with one attached hydrogen (secondary N) is 1. The van der Waals surface area contributed by atoms with Gasteiger partial charge in [-0.25, -0.2) is 18.3 Å². The first-order valence-corrected chi connectivity index (χ1v) is 14.5. The molecule has 1 aromatic carbocycles. The van der Waals surface area contributed by atoms with Gasteiger partial charge >= 0.3 is 13.7 Å². The molecule has 0 spiro atoms. The lowest BCUT2D eigenvalue weighted by atomic mass is 9.97. The summed E-state index contributed by atoms with van der Waals surface area (Å²) in [4.78, 5) is 26.4. The van der Waals surface area contributed by atoms with E-state index >= 15 is 8.78 Å². The number of benzene rings is 1. The van der Waals surface area contributed by atoms with Gasteiger partial charge < -0.3 is 29.7 Å². The van der Waals surface area contributed by atoms with Crippen molar-refractivity contribution >= 4 is 36.6 Å². The summed E-state index contributed by atoms with van der Waals surface area (Å²) in [6, 6.07) is 6.53. The maximum Gasteiger partial charge on any atom is 0.459 e. The summed E-state index contributed by atoms with van der Waals surface area (Å²) in [5, 5.41) is 13.2. The Morgan fingerprint density at radius 2 is 1.93 bits per heavy atom. The van der Waals surface area contributed by atoms with E-state index in [1.165, 1.54) is 19.1 Å². The third-order valence-electron chi connectivity index (χ3n) is 6.29. The lowest BCUT2D eigenvalue weighted by molar-refractivity contribution is -0.202. The summed E-state index contributed by atoms with van der Waals surface area (Å²) in [6.07, 6.45) is -3.56. The molecule has 4 N–H and O–H groups in total. The zero-order valence-electron chi connectivity index (χ0n) is 23.9. The minimum Gasteiger partial charge on any atom is -0.462 e. The molecule has 0 saturated carbocycles. The second-order valence-electron chi connectivity index (χ2n) is 10.4. The fourth-order valence-corrected chi connectivity index (χ4v) is 5.78. The van der Waals surface area contributed by atoms with Crippen LogP contribution in [0.4, 0.5) is 20.5 Å².